The van der Waals surface area contributed by atoms with Crippen LogP contribution in [0.1, 0.15) is 6.42 Å². The maximum atomic E-state index is 10.4. The van der Waals surface area contributed by atoms with Gasteiger partial charge in [-0.15, -0.1) is 0 Å². The first-order valence-corrected chi connectivity index (χ1v) is 3.14. The zero-order chi connectivity index (χ0) is 8.15. The molecule has 58 valence electrons. The predicted molar refractivity (Wildman–Crippen MR) is 37.1 cm³/mol. The van der Waals surface area contributed by atoms with Crippen LogP contribution >= 0.6 is 12.6 Å². The Balaban J connectivity index is 3.68. The SMILES string of the molecule is O=C(O)C(=O)CC(S)CO. The van der Waals surface area contributed by atoms with E-state index >= 15 is 0 Å². The molecule has 0 saturated heterocycles. The average molecular weight is 164 g/mol. The number of carbonyl (C=O) groups excluding carboxylic acids is 1. The van der Waals surface area contributed by atoms with Gasteiger partial charge in [0.05, 0.1) is 6.61 Å². The van der Waals surface area contributed by atoms with Crippen molar-refractivity contribution in [2.75, 3.05) is 6.61 Å². The molecule has 0 aromatic heterocycles. The molecule has 5 heteroatoms. The Kier molecular flexibility index (Phi) is 4.06. The standard InChI is InChI=1S/C5H8O4S/c6-2-3(10)1-4(7)5(8)9/h3,6,10H,1-2H2,(H,8,9). The Bertz CT molecular complexity index is 145. The number of rotatable bonds is 4. The van der Waals surface area contributed by atoms with Crippen molar-refractivity contribution >= 4 is 24.4 Å². The van der Waals surface area contributed by atoms with Gasteiger partial charge in [0.25, 0.3) is 0 Å². The van der Waals surface area contributed by atoms with Gasteiger partial charge in [0.1, 0.15) is 0 Å². The molecule has 1 atom stereocenters. The van der Waals surface area contributed by atoms with Gasteiger partial charge in [0.2, 0.25) is 5.78 Å². The van der Waals surface area contributed by atoms with Crippen molar-refractivity contribution in [1.82, 2.24) is 0 Å². The predicted octanol–water partition coefficient (Wildman–Crippen LogP) is -0.679. The smallest absolute Gasteiger partial charge is 0.372 e. The summed E-state index contributed by atoms with van der Waals surface area (Å²) in [6.45, 7) is -0.290. The van der Waals surface area contributed by atoms with Gasteiger partial charge in [-0.1, -0.05) is 0 Å². The molecule has 0 fully saturated rings. The van der Waals surface area contributed by atoms with E-state index in [1.54, 1.807) is 0 Å². The van der Waals surface area contributed by atoms with Crippen LogP contribution in [0.4, 0.5) is 0 Å². The highest BCUT2D eigenvalue weighted by atomic mass is 32.1. The number of ketones is 1. The minimum absolute atomic E-state index is 0.227. The third-order valence-electron chi connectivity index (χ3n) is 0.870. The number of aliphatic hydroxyl groups is 1. The summed E-state index contributed by atoms with van der Waals surface area (Å²) in [7, 11) is 0. The lowest BCUT2D eigenvalue weighted by molar-refractivity contribution is -0.149. The van der Waals surface area contributed by atoms with Crippen LogP contribution in [-0.2, 0) is 9.59 Å². The molecule has 0 spiro atoms. The minimum Gasteiger partial charge on any atom is -0.476 e. The summed E-state index contributed by atoms with van der Waals surface area (Å²) in [6, 6.07) is 0. The van der Waals surface area contributed by atoms with Gasteiger partial charge in [-0.2, -0.15) is 12.6 Å². The number of hydrogen-bond acceptors (Lipinski definition) is 4. The summed E-state index contributed by atoms with van der Waals surface area (Å²) < 4.78 is 0. The number of carboxylic acids is 1. The largest absolute Gasteiger partial charge is 0.476 e. The molecule has 0 aromatic rings. The number of aliphatic hydroxyl groups excluding tert-OH is 1. The van der Waals surface area contributed by atoms with E-state index < -0.39 is 17.0 Å². The van der Waals surface area contributed by atoms with Gasteiger partial charge < -0.3 is 10.2 Å². The first-order chi connectivity index (χ1) is 4.57. The van der Waals surface area contributed by atoms with Crippen molar-refractivity contribution < 1.29 is 19.8 Å². The van der Waals surface area contributed by atoms with E-state index in [1.807, 2.05) is 0 Å². The summed E-state index contributed by atoms with van der Waals surface area (Å²) in [5.41, 5.74) is 0. The molecule has 0 aliphatic heterocycles. The van der Waals surface area contributed by atoms with E-state index in [1.165, 1.54) is 0 Å². The number of Topliss-reactive ketones (excluding diaryl/α,β-unsaturated/α-hetero) is 1. The van der Waals surface area contributed by atoms with Crippen LogP contribution < -0.4 is 0 Å². The van der Waals surface area contributed by atoms with E-state index in [-0.39, 0.29) is 13.0 Å². The third-order valence-corrected chi connectivity index (χ3v) is 1.22. The Morgan fingerprint density at radius 3 is 2.30 bits per heavy atom. The molecule has 4 nitrogen and oxygen atoms in total. The Morgan fingerprint density at radius 2 is 2.00 bits per heavy atom. The zero-order valence-electron chi connectivity index (χ0n) is 5.15. The maximum Gasteiger partial charge on any atom is 0.372 e. The van der Waals surface area contributed by atoms with Crippen LogP contribution in [0.3, 0.4) is 0 Å². The fraction of sp³-hybridized carbons (Fsp3) is 0.600. The molecule has 2 N–H and O–H groups in total. The van der Waals surface area contributed by atoms with Crippen molar-refractivity contribution in [3.63, 3.8) is 0 Å². The second kappa shape index (κ2) is 4.29. The first-order valence-electron chi connectivity index (χ1n) is 2.63. The van der Waals surface area contributed by atoms with Crippen LogP contribution in [0.25, 0.3) is 0 Å². The van der Waals surface area contributed by atoms with Crippen molar-refractivity contribution in [3.05, 3.63) is 0 Å². The van der Waals surface area contributed by atoms with Crippen molar-refractivity contribution in [3.8, 4) is 0 Å². The summed E-state index contributed by atoms with van der Waals surface area (Å²) in [4.78, 5) is 20.2. The van der Waals surface area contributed by atoms with E-state index in [4.69, 9.17) is 10.2 Å². The van der Waals surface area contributed by atoms with Gasteiger partial charge >= 0.3 is 5.97 Å². The molecule has 0 heterocycles. The Hall–Kier alpha value is -0.550. The molecule has 0 saturated carbocycles. The summed E-state index contributed by atoms with van der Waals surface area (Å²) in [6.07, 6.45) is -0.227. The molecule has 0 rings (SSSR count). The van der Waals surface area contributed by atoms with Crippen LogP contribution in [0.15, 0.2) is 0 Å². The quantitative estimate of drug-likeness (QED) is 0.380. The number of carboxylic acid groups (broad SMARTS) is 1. The number of thiol groups is 1. The second-order valence-corrected chi connectivity index (χ2v) is 2.50. The Labute approximate surface area is 63.3 Å². The molecular weight excluding hydrogens is 156 g/mol. The van der Waals surface area contributed by atoms with Crippen molar-refractivity contribution in [2.24, 2.45) is 0 Å². The van der Waals surface area contributed by atoms with Gasteiger partial charge in [-0.05, 0) is 0 Å². The van der Waals surface area contributed by atoms with Crippen LogP contribution in [0.5, 0.6) is 0 Å². The highest BCUT2D eigenvalue weighted by Crippen LogP contribution is 1.99. The Morgan fingerprint density at radius 1 is 1.50 bits per heavy atom. The summed E-state index contributed by atoms with van der Waals surface area (Å²) >= 11 is 3.73. The molecule has 0 bridgehead atoms. The number of hydrogen-bond donors (Lipinski definition) is 3. The average Bonchev–Trinajstić information content (AvgIpc) is 1.87. The van der Waals surface area contributed by atoms with Gasteiger partial charge in [-0.25, -0.2) is 4.79 Å². The molecule has 10 heavy (non-hydrogen) atoms. The minimum atomic E-state index is -1.48. The molecule has 0 aliphatic carbocycles. The summed E-state index contributed by atoms with van der Waals surface area (Å²) in [5.74, 6) is -2.40. The van der Waals surface area contributed by atoms with Gasteiger partial charge in [-0.3, -0.25) is 4.79 Å². The van der Waals surface area contributed by atoms with Crippen molar-refractivity contribution in [2.45, 2.75) is 11.7 Å². The van der Waals surface area contributed by atoms with Crippen molar-refractivity contribution in [1.29, 1.82) is 0 Å². The number of carbonyl (C=O) groups is 2. The topological polar surface area (TPSA) is 74.6 Å². The fourth-order valence-corrected chi connectivity index (χ4v) is 0.532. The fourth-order valence-electron chi connectivity index (χ4n) is 0.366. The van der Waals surface area contributed by atoms with E-state index in [2.05, 4.69) is 12.6 Å². The lowest BCUT2D eigenvalue weighted by Gasteiger charge is -2.01. The zero-order valence-corrected chi connectivity index (χ0v) is 6.04. The molecule has 0 amide bonds. The maximum absolute atomic E-state index is 10.4. The monoisotopic (exact) mass is 164 g/mol. The second-order valence-electron chi connectivity index (χ2n) is 1.77. The van der Waals surface area contributed by atoms with Gasteiger partial charge in [0, 0.05) is 11.7 Å². The van der Waals surface area contributed by atoms with Crippen LogP contribution in [0.2, 0.25) is 0 Å². The van der Waals surface area contributed by atoms with E-state index in [0.717, 1.165) is 0 Å². The van der Waals surface area contributed by atoms with Gasteiger partial charge in [0.15, 0.2) is 0 Å². The van der Waals surface area contributed by atoms with Crippen LogP contribution in [0, 0.1) is 0 Å². The number of aliphatic carboxylic acids is 1. The normalized spacial score (nSPS) is 12.6. The molecule has 0 aliphatic rings. The van der Waals surface area contributed by atoms with E-state index in [9.17, 15) is 9.59 Å². The lowest BCUT2D eigenvalue weighted by atomic mass is 10.2. The summed E-state index contributed by atoms with van der Waals surface area (Å²) in [5, 5.41) is 15.8. The lowest BCUT2D eigenvalue weighted by Crippen LogP contribution is -2.19. The van der Waals surface area contributed by atoms with E-state index in [0.29, 0.717) is 0 Å². The molecule has 1 unspecified atom stereocenters. The first kappa shape index (κ1) is 9.45. The third kappa shape index (κ3) is 3.47. The highest BCUT2D eigenvalue weighted by molar-refractivity contribution is 7.81. The molecular formula is C5H8O4S. The molecule has 0 aromatic carbocycles. The highest BCUT2D eigenvalue weighted by Gasteiger charge is 2.14. The molecule has 0 radical (unpaired) electrons. The van der Waals surface area contributed by atoms with Crippen LogP contribution in [-0.4, -0.2) is 33.8 Å².